The number of carbonyl (C=O) groups is 1. The van der Waals surface area contributed by atoms with E-state index in [9.17, 15) is 13.2 Å². The Labute approximate surface area is 171 Å². The lowest BCUT2D eigenvalue weighted by atomic mass is 9.92. The van der Waals surface area contributed by atoms with Crippen molar-refractivity contribution in [1.82, 2.24) is 14.9 Å². The summed E-state index contributed by atoms with van der Waals surface area (Å²) in [6.45, 7) is 9.10. The second-order valence-electron chi connectivity index (χ2n) is 7.48. The van der Waals surface area contributed by atoms with Crippen molar-refractivity contribution >= 4 is 39.1 Å². The smallest absolute Gasteiger partial charge is 0.254 e. The first kappa shape index (κ1) is 22.4. The maximum Gasteiger partial charge on any atom is 0.254 e. The molecule has 0 radical (unpaired) electrons. The minimum absolute atomic E-state index is 0.0260. The van der Waals surface area contributed by atoms with Gasteiger partial charge in [0.2, 0.25) is 10.0 Å². The van der Waals surface area contributed by atoms with Crippen molar-refractivity contribution < 1.29 is 13.2 Å². The second kappa shape index (κ2) is 9.09. The first-order valence-electron chi connectivity index (χ1n) is 9.00. The summed E-state index contributed by atoms with van der Waals surface area (Å²) in [6.07, 6.45) is 1.22. The molecule has 1 aromatic carbocycles. The molecule has 0 saturated carbocycles. The van der Waals surface area contributed by atoms with Crippen LogP contribution in [0.2, 0.25) is 10.0 Å². The molecule has 152 valence electrons. The van der Waals surface area contributed by atoms with E-state index in [0.717, 1.165) is 13.1 Å². The minimum Gasteiger partial charge on any atom is -0.348 e. The normalized spacial score (nSPS) is 22.4. The average Bonchev–Trinajstić information content (AvgIpc) is 2.53. The Balaban J connectivity index is 2.14. The predicted octanol–water partition coefficient (Wildman–Crippen LogP) is 3.00. The van der Waals surface area contributed by atoms with Gasteiger partial charge in [-0.25, -0.2) is 13.1 Å². The molecule has 27 heavy (non-hydrogen) atoms. The number of likely N-dealkylation sites (tertiary alicyclic amines) is 1. The zero-order valence-corrected chi connectivity index (χ0v) is 18.4. The van der Waals surface area contributed by atoms with Crippen LogP contribution in [0.4, 0.5) is 0 Å². The SMILES string of the molecule is CNS(=O)(=O)c1ccc(Cl)c(C(=O)N[C@H](C)CN2C[C@H](C)C[C@@H](C)C2)c1Cl. The number of benzene rings is 1. The fourth-order valence-corrected chi connectivity index (χ4v) is 5.38. The van der Waals surface area contributed by atoms with Gasteiger partial charge in [-0.05, 0) is 44.4 Å². The molecule has 0 aromatic heterocycles. The number of sulfonamides is 1. The molecule has 0 bridgehead atoms. The fraction of sp³-hybridized carbons (Fsp3) is 0.611. The molecule has 1 aliphatic heterocycles. The average molecular weight is 436 g/mol. The number of hydrogen-bond donors (Lipinski definition) is 2. The van der Waals surface area contributed by atoms with Crippen LogP contribution in [0.3, 0.4) is 0 Å². The summed E-state index contributed by atoms with van der Waals surface area (Å²) >= 11 is 12.3. The summed E-state index contributed by atoms with van der Waals surface area (Å²) < 4.78 is 26.3. The van der Waals surface area contributed by atoms with Gasteiger partial charge in [0.1, 0.15) is 4.90 Å². The molecule has 1 aromatic rings. The minimum atomic E-state index is -3.79. The van der Waals surface area contributed by atoms with Gasteiger partial charge in [-0.15, -0.1) is 0 Å². The highest BCUT2D eigenvalue weighted by Gasteiger charge is 2.26. The monoisotopic (exact) mass is 435 g/mol. The van der Waals surface area contributed by atoms with E-state index in [1.54, 1.807) is 0 Å². The summed E-state index contributed by atoms with van der Waals surface area (Å²) in [4.78, 5) is 14.9. The van der Waals surface area contributed by atoms with Gasteiger partial charge in [-0.1, -0.05) is 37.0 Å². The molecule has 2 rings (SSSR count). The van der Waals surface area contributed by atoms with E-state index < -0.39 is 15.9 Å². The molecule has 6 nitrogen and oxygen atoms in total. The number of nitrogens with one attached hydrogen (secondary N) is 2. The maximum atomic E-state index is 12.7. The number of amides is 1. The molecule has 3 atom stereocenters. The number of piperidine rings is 1. The molecule has 1 saturated heterocycles. The third-order valence-electron chi connectivity index (χ3n) is 4.70. The Morgan fingerprint density at radius 1 is 1.26 bits per heavy atom. The van der Waals surface area contributed by atoms with Crippen molar-refractivity contribution in [1.29, 1.82) is 0 Å². The van der Waals surface area contributed by atoms with Crippen LogP contribution in [0.1, 0.15) is 37.6 Å². The fourth-order valence-electron chi connectivity index (χ4n) is 3.73. The Morgan fingerprint density at radius 2 is 1.85 bits per heavy atom. The molecular weight excluding hydrogens is 409 g/mol. The van der Waals surface area contributed by atoms with E-state index in [4.69, 9.17) is 23.2 Å². The maximum absolute atomic E-state index is 12.7. The number of hydrogen-bond acceptors (Lipinski definition) is 4. The number of nitrogens with zero attached hydrogens (tertiary/aromatic N) is 1. The van der Waals surface area contributed by atoms with Crippen LogP contribution < -0.4 is 10.0 Å². The van der Waals surface area contributed by atoms with Crippen molar-refractivity contribution in [2.45, 2.75) is 38.1 Å². The number of rotatable bonds is 6. The first-order chi connectivity index (χ1) is 12.5. The van der Waals surface area contributed by atoms with Crippen molar-refractivity contribution in [2.75, 3.05) is 26.7 Å². The lowest BCUT2D eigenvalue weighted by molar-refractivity contribution is 0.0905. The highest BCUT2D eigenvalue weighted by atomic mass is 35.5. The molecule has 9 heteroatoms. The molecule has 1 heterocycles. The summed E-state index contributed by atoms with van der Waals surface area (Å²) in [5.74, 6) is 0.775. The van der Waals surface area contributed by atoms with E-state index >= 15 is 0 Å². The Morgan fingerprint density at radius 3 is 2.41 bits per heavy atom. The number of halogens is 2. The van der Waals surface area contributed by atoms with Gasteiger partial charge in [0.25, 0.3) is 5.91 Å². The highest BCUT2D eigenvalue weighted by molar-refractivity contribution is 7.89. The summed E-state index contributed by atoms with van der Waals surface area (Å²) in [5.41, 5.74) is -0.0260. The Bertz CT molecular complexity index is 791. The molecule has 0 spiro atoms. The van der Waals surface area contributed by atoms with Crippen LogP contribution in [0.25, 0.3) is 0 Å². The van der Waals surface area contributed by atoms with E-state index in [0.29, 0.717) is 18.4 Å². The van der Waals surface area contributed by atoms with Crippen molar-refractivity contribution in [3.8, 4) is 0 Å². The molecule has 1 fully saturated rings. The first-order valence-corrected chi connectivity index (χ1v) is 11.2. The van der Waals surface area contributed by atoms with Crippen LogP contribution in [-0.4, -0.2) is 51.9 Å². The zero-order chi connectivity index (χ0) is 20.4. The molecule has 1 amide bonds. The van der Waals surface area contributed by atoms with Gasteiger partial charge in [0.15, 0.2) is 0 Å². The standard InChI is InChI=1S/C18H27Cl2N3O3S/c1-11-7-12(2)9-23(8-11)10-13(3)22-18(24)16-14(19)5-6-15(17(16)20)27(25,26)21-4/h5-6,11-13,21H,7-10H2,1-4H3,(H,22,24)/t11-,12-,13-/m1/s1. The van der Waals surface area contributed by atoms with Crippen LogP contribution in [0.15, 0.2) is 17.0 Å². The summed E-state index contributed by atoms with van der Waals surface area (Å²) in [7, 11) is -2.51. The zero-order valence-electron chi connectivity index (χ0n) is 16.1. The molecule has 0 aliphatic carbocycles. The summed E-state index contributed by atoms with van der Waals surface area (Å²) in [6, 6.07) is 2.52. The van der Waals surface area contributed by atoms with Crippen LogP contribution in [0.5, 0.6) is 0 Å². The van der Waals surface area contributed by atoms with Gasteiger partial charge in [0, 0.05) is 25.7 Å². The second-order valence-corrected chi connectivity index (χ2v) is 10.1. The Hall–Kier alpha value is -0.860. The lowest BCUT2D eigenvalue weighted by Crippen LogP contribution is -2.47. The molecular formula is C18H27Cl2N3O3S. The largest absolute Gasteiger partial charge is 0.348 e. The summed E-state index contributed by atoms with van der Waals surface area (Å²) in [5, 5.41) is 2.82. The van der Waals surface area contributed by atoms with Gasteiger partial charge in [0.05, 0.1) is 15.6 Å². The highest BCUT2D eigenvalue weighted by Crippen LogP contribution is 2.31. The molecule has 0 unspecified atom stereocenters. The van der Waals surface area contributed by atoms with Crippen LogP contribution >= 0.6 is 23.2 Å². The van der Waals surface area contributed by atoms with E-state index in [1.165, 1.54) is 25.6 Å². The van der Waals surface area contributed by atoms with Crippen molar-refractivity contribution in [3.63, 3.8) is 0 Å². The number of carbonyl (C=O) groups excluding carboxylic acids is 1. The van der Waals surface area contributed by atoms with Gasteiger partial charge in [-0.3, -0.25) is 4.79 Å². The van der Waals surface area contributed by atoms with E-state index in [1.807, 2.05) is 6.92 Å². The Kier molecular flexibility index (Phi) is 7.55. The van der Waals surface area contributed by atoms with Crippen molar-refractivity contribution in [3.05, 3.63) is 27.7 Å². The van der Waals surface area contributed by atoms with E-state index in [-0.39, 0.29) is 26.5 Å². The van der Waals surface area contributed by atoms with Crippen molar-refractivity contribution in [2.24, 2.45) is 11.8 Å². The third kappa shape index (κ3) is 5.57. The van der Waals surface area contributed by atoms with E-state index in [2.05, 4.69) is 28.8 Å². The van der Waals surface area contributed by atoms with Gasteiger partial charge in [-0.2, -0.15) is 0 Å². The lowest BCUT2D eigenvalue weighted by Gasteiger charge is -2.36. The van der Waals surface area contributed by atoms with Crippen LogP contribution in [0, 0.1) is 11.8 Å². The van der Waals surface area contributed by atoms with Gasteiger partial charge >= 0.3 is 0 Å². The topological polar surface area (TPSA) is 78.5 Å². The molecule has 2 N–H and O–H groups in total. The quantitative estimate of drug-likeness (QED) is 0.719. The predicted molar refractivity (Wildman–Crippen MR) is 109 cm³/mol. The van der Waals surface area contributed by atoms with Crippen LogP contribution in [-0.2, 0) is 10.0 Å². The third-order valence-corrected chi connectivity index (χ3v) is 6.97. The molecule has 1 aliphatic rings. The van der Waals surface area contributed by atoms with Gasteiger partial charge < -0.3 is 10.2 Å².